The summed E-state index contributed by atoms with van der Waals surface area (Å²) in [5.74, 6) is -1.29. The summed E-state index contributed by atoms with van der Waals surface area (Å²) in [6.07, 6.45) is 0.137. The van der Waals surface area contributed by atoms with E-state index in [9.17, 15) is 19.2 Å². The molecule has 2 amide bonds. The number of rotatable bonds is 4. The summed E-state index contributed by atoms with van der Waals surface area (Å²) in [6, 6.07) is 6.58. The lowest BCUT2D eigenvalue weighted by molar-refractivity contribution is -0.148. The highest BCUT2D eigenvalue weighted by atomic mass is 32.1. The smallest absolute Gasteiger partial charge is 0.326 e. The zero-order chi connectivity index (χ0) is 19.6. The number of nitrogens with zero attached hydrogens (tertiary/aromatic N) is 2. The Hall–Kier alpha value is -2.94. The zero-order valence-corrected chi connectivity index (χ0v) is 15.7. The van der Waals surface area contributed by atoms with E-state index >= 15 is 0 Å². The first-order valence-electron chi connectivity index (χ1n) is 8.38. The maximum Gasteiger partial charge on any atom is 0.326 e. The van der Waals surface area contributed by atoms with Crippen molar-refractivity contribution in [2.24, 2.45) is 0 Å². The van der Waals surface area contributed by atoms with Gasteiger partial charge in [0.1, 0.15) is 6.54 Å². The van der Waals surface area contributed by atoms with Crippen LogP contribution in [0.2, 0.25) is 0 Å². The predicted molar refractivity (Wildman–Crippen MR) is 101 cm³/mol. The van der Waals surface area contributed by atoms with Crippen LogP contribution in [-0.4, -0.2) is 35.0 Å². The number of carbonyl (C=O) groups is 3. The second kappa shape index (κ2) is 7.75. The van der Waals surface area contributed by atoms with Gasteiger partial charge in [0.2, 0.25) is 5.91 Å². The summed E-state index contributed by atoms with van der Waals surface area (Å²) in [5, 5.41) is 4.42. The van der Waals surface area contributed by atoms with Crippen LogP contribution in [0.25, 0.3) is 0 Å². The molecule has 1 aliphatic rings. The molecule has 1 atom stereocenters. The van der Waals surface area contributed by atoms with Crippen LogP contribution in [0.1, 0.15) is 19.0 Å². The van der Waals surface area contributed by atoms with E-state index in [1.54, 1.807) is 43.5 Å². The lowest BCUT2D eigenvalue weighted by Gasteiger charge is -2.27. The standard InChI is InChI=1S/C18H19N3O5S/c1-11-7-15(22)19-13-5-3-4-6-14(13)21(11)16(23)9-26-17(24)8-20-12(2)10-27-18(20)25/h3-6,10-11H,7-9H2,1-2H3,(H,19,22)/t11-/m1/s1. The molecule has 27 heavy (non-hydrogen) atoms. The number of ether oxygens (including phenoxy) is 1. The number of fused-ring (bicyclic) bond motifs is 1. The fourth-order valence-corrected chi connectivity index (χ4v) is 3.68. The second-order valence-corrected chi connectivity index (χ2v) is 7.09. The zero-order valence-electron chi connectivity index (χ0n) is 14.9. The van der Waals surface area contributed by atoms with Crippen molar-refractivity contribution in [2.75, 3.05) is 16.8 Å². The minimum atomic E-state index is -0.670. The van der Waals surface area contributed by atoms with Crippen LogP contribution < -0.4 is 15.1 Å². The summed E-state index contributed by atoms with van der Waals surface area (Å²) < 4.78 is 6.38. The first-order valence-corrected chi connectivity index (χ1v) is 9.26. The van der Waals surface area contributed by atoms with Crippen LogP contribution in [0.5, 0.6) is 0 Å². The first kappa shape index (κ1) is 18.8. The molecule has 0 fully saturated rings. The van der Waals surface area contributed by atoms with E-state index in [1.165, 1.54) is 9.47 Å². The molecule has 0 saturated heterocycles. The quantitative estimate of drug-likeness (QED) is 0.800. The molecule has 0 radical (unpaired) electrons. The number of nitrogens with one attached hydrogen (secondary N) is 1. The third kappa shape index (κ3) is 4.08. The number of amides is 2. The van der Waals surface area contributed by atoms with Gasteiger partial charge in [-0.2, -0.15) is 0 Å². The van der Waals surface area contributed by atoms with Gasteiger partial charge in [0, 0.05) is 23.5 Å². The van der Waals surface area contributed by atoms with Crippen molar-refractivity contribution < 1.29 is 19.1 Å². The number of esters is 1. The lowest BCUT2D eigenvalue weighted by atomic mass is 10.1. The van der Waals surface area contributed by atoms with Crippen molar-refractivity contribution in [2.45, 2.75) is 32.9 Å². The Balaban J connectivity index is 1.71. The SMILES string of the molecule is Cc1csc(=O)n1CC(=O)OCC(=O)N1c2ccccc2NC(=O)C[C@H]1C. The molecular formula is C18H19N3O5S. The molecule has 0 spiro atoms. The Kier molecular flexibility index (Phi) is 5.41. The molecule has 1 aromatic heterocycles. The summed E-state index contributed by atoms with van der Waals surface area (Å²) in [7, 11) is 0. The van der Waals surface area contributed by atoms with Gasteiger partial charge in [0.25, 0.3) is 5.91 Å². The molecule has 3 rings (SSSR count). The molecule has 2 heterocycles. The van der Waals surface area contributed by atoms with E-state index in [2.05, 4.69) is 5.32 Å². The van der Waals surface area contributed by atoms with Crippen LogP contribution in [-0.2, 0) is 25.7 Å². The summed E-state index contributed by atoms with van der Waals surface area (Å²) in [6.45, 7) is 2.77. The van der Waals surface area contributed by atoms with E-state index in [0.29, 0.717) is 17.1 Å². The van der Waals surface area contributed by atoms with Gasteiger partial charge in [0.05, 0.1) is 11.4 Å². The van der Waals surface area contributed by atoms with Gasteiger partial charge in [-0.05, 0) is 26.0 Å². The van der Waals surface area contributed by atoms with Crippen molar-refractivity contribution in [3.05, 3.63) is 45.0 Å². The number of hydrogen-bond donors (Lipinski definition) is 1. The average molecular weight is 389 g/mol. The maximum atomic E-state index is 12.7. The minimum absolute atomic E-state index is 0.137. The number of thiazole rings is 1. The van der Waals surface area contributed by atoms with E-state index in [4.69, 9.17) is 4.74 Å². The molecule has 142 valence electrons. The van der Waals surface area contributed by atoms with Gasteiger partial charge >= 0.3 is 10.8 Å². The van der Waals surface area contributed by atoms with Gasteiger partial charge < -0.3 is 15.0 Å². The van der Waals surface area contributed by atoms with Gasteiger partial charge in [-0.3, -0.25) is 23.7 Å². The molecule has 1 aromatic carbocycles. The Bertz CT molecular complexity index is 948. The Morgan fingerprint density at radius 3 is 2.74 bits per heavy atom. The topological polar surface area (TPSA) is 97.7 Å². The fourth-order valence-electron chi connectivity index (χ4n) is 2.95. The molecule has 0 saturated carbocycles. The van der Waals surface area contributed by atoms with E-state index in [-0.39, 0.29) is 29.8 Å². The summed E-state index contributed by atoms with van der Waals surface area (Å²) in [5.41, 5.74) is 1.75. The molecule has 8 nitrogen and oxygen atoms in total. The van der Waals surface area contributed by atoms with Crippen LogP contribution in [0, 0.1) is 6.92 Å². The highest BCUT2D eigenvalue weighted by Gasteiger charge is 2.30. The molecule has 9 heteroatoms. The molecule has 1 aliphatic heterocycles. The Labute approximate surface area is 159 Å². The van der Waals surface area contributed by atoms with Crippen LogP contribution in [0.3, 0.4) is 0 Å². The molecule has 2 aromatic rings. The fraction of sp³-hybridized carbons (Fsp3) is 0.333. The predicted octanol–water partition coefficient (Wildman–Crippen LogP) is 1.53. The number of aromatic nitrogens is 1. The Morgan fingerprint density at radius 1 is 1.30 bits per heavy atom. The van der Waals surface area contributed by atoms with Crippen LogP contribution in [0.4, 0.5) is 11.4 Å². The van der Waals surface area contributed by atoms with Crippen molar-refractivity contribution in [1.82, 2.24) is 4.57 Å². The lowest BCUT2D eigenvalue weighted by Crippen LogP contribution is -2.41. The number of aryl methyl sites for hydroxylation is 1. The third-order valence-electron chi connectivity index (χ3n) is 4.25. The number of benzene rings is 1. The van der Waals surface area contributed by atoms with Crippen LogP contribution >= 0.6 is 11.3 Å². The van der Waals surface area contributed by atoms with E-state index < -0.39 is 18.5 Å². The molecule has 0 bridgehead atoms. The van der Waals surface area contributed by atoms with E-state index in [0.717, 1.165) is 11.3 Å². The summed E-state index contributed by atoms with van der Waals surface area (Å²) >= 11 is 1.00. The minimum Gasteiger partial charge on any atom is -0.454 e. The number of carbonyl (C=O) groups excluding carboxylic acids is 3. The molecule has 0 aliphatic carbocycles. The highest BCUT2D eigenvalue weighted by Crippen LogP contribution is 2.31. The molecular weight excluding hydrogens is 370 g/mol. The normalized spacial score (nSPS) is 16.3. The monoisotopic (exact) mass is 389 g/mol. The van der Waals surface area contributed by atoms with Crippen molar-refractivity contribution in [1.29, 1.82) is 0 Å². The van der Waals surface area contributed by atoms with Crippen molar-refractivity contribution in [3.63, 3.8) is 0 Å². The first-order chi connectivity index (χ1) is 12.9. The van der Waals surface area contributed by atoms with Gasteiger partial charge in [-0.1, -0.05) is 23.5 Å². The van der Waals surface area contributed by atoms with Gasteiger partial charge in [-0.25, -0.2) is 0 Å². The van der Waals surface area contributed by atoms with Crippen LogP contribution in [0.15, 0.2) is 34.4 Å². The number of anilines is 2. The molecule has 1 N–H and O–H groups in total. The van der Waals surface area contributed by atoms with Gasteiger partial charge in [0.15, 0.2) is 6.61 Å². The number of hydrogen-bond acceptors (Lipinski definition) is 6. The summed E-state index contributed by atoms with van der Waals surface area (Å²) in [4.78, 5) is 49.6. The van der Waals surface area contributed by atoms with E-state index in [1.807, 2.05) is 0 Å². The van der Waals surface area contributed by atoms with Crippen molar-refractivity contribution >= 4 is 40.5 Å². The second-order valence-electron chi connectivity index (χ2n) is 6.27. The third-order valence-corrected chi connectivity index (χ3v) is 5.13. The van der Waals surface area contributed by atoms with Crippen molar-refractivity contribution in [3.8, 4) is 0 Å². The maximum absolute atomic E-state index is 12.7. The average Bonchev–Trinajstić information content (AvgIpc) is 2.86. The molecule has 0 unspecified atom stereocenters. The Morgan fingerprint density at radius 2 is 2.04 bits per heavy atom. The largest absolute Gasteiger partial charge is 0.454 e. The van der Waals surface area contributed by atoms with Gasteiger partial charge in [-0.15, -0.1) is 0 Å². The number of para-hydroxylation sites is 2. The highest BCUT2D eigenvalue weighted by molar-refractivity contribution is 7.07.